The van der Waals surface area contributed by atoms with Crippen molar-refractivity contribution in [2.45, 2.75) is 0 Å². The van der Waals surface area contributed by atoms with E-state index in [0.29, 0.717) is 0 Å². The van der Waals surface area contributed by atoms with E-state index in [4.69, 9.17) is 9.97 Å². The van der Waals surface area contributed by atoms with Crippen molar-refractivity contribution in [3.63, 3.8) is 0 Å². The summed E-state index contributed by atoms with van der Waals surface area (Å²) in [7, 11) is 0. The van der Waals surface area contributed by atoms with Crippen molar-refractivity contribution >= 4 is 54.1 Å². The molecule has 176 valence electrons. The minimum absolute atomic E-state index is 0.912. The van der Waals surface area contributed by atoms with Gasteiger partial charge in [0, 0.05) is 40.3 Å². The third-order valence-corrected chi connectivity index (χ3v) is 7.57. The zero-order valence-electron chi connectivity index (χ0n) is 20.5. The maximum absolute atomic E-state index is 5.35. The summed E-state index contributed by atoms with van der Waals surface area (Å²) in [6, 6.07) is 38.6. The number of rotatable bonds is 2. The molecule has 0 amide bonds. The fraction of sp³-hybridized carbons (Fsp3) is 0. The zero-order chi connectivity index (χ0) is 25.1. The average Bonchev–Trinajstić information content (AvgIpc) is 3.00. The van der Waals surface area contributed by atoms with Gasteiger partial charge in [0.15, 0.2) is 0 Å². The molecule has 0 aliphatic rings. The maximum Gasteiger partial charge on any atom is 0.0978 e. The van der Waals surface area contributed by atoms with Gasteiger partial charge < -0.3 is 0 Å². The number of aromatic nitrogens is 3. The van der Waals surface area contributed by atoms with Crippen LogP contribution >= 0.6 is 0 Å². The highest BCUT2D eigenvalue weighted by molar-refractivity contribution is 6.18. The zero-order valence-corrected chi connectivity index (χ0v) is 20.5. The Morgan fingerprint density at radius 2 is 1.11 bits per heavy atom. The third-order valence-electron chi connectivity index (χ3n) is 7.57. The van der Waals surface area contributed by atoms with Crippen LogP contribution in [0.4, 0.5) is 0 Å². The Hall–Kier alpha value is -5.15. The molecule has 8 rings (SSSR count). The summed E-state index contributed by atoms with van der Waals surface area (Å²) < 4.78 is 0. The molecule has 0 unspecified atom stereocenters. The van der Waals surface area contributed by atoms with Gasteiger partial charge in [-0.05, 0) is 62.3 Å². The first-order chi connectivity index (χ1) is 18.8. The van der Waals surface area contributed by atoms with E-state index in [1.165, 1.54) is 26.9 Å². The van der Waals surface area contributed by atoms with E-state index in [1.807, 2.05) is 18.6 Å². The van der Waals surface area contributed by atoms with E-state index < -0.39 is 0 Å². The predicted molar refractivity (Wildman–Crippen MR) is 158 cm³/mol. The molecule has 3 heteroatoms. The van der Waals surface area contributed by atoms with Crippen LogP contribution in [0.2, 0.25) is 0 Å². The molecule has 0 spiro atoms. The highest BCUT2D eigenvalue weighted by Crippen LogP contribution is 2.39. The van der Waals surface area contributed by atoms with Crippen molar-refractivity contribution in [3.8, 4) is 22.4 Å². The Morgan fingerprint density at radius 1 is 0.447 bits per heavy atom. The van der Waals surface area contributed by atoms with E-state index in [9.17, 15) is 0 Å². The summed E-state index contributed by atoms with van der Waals surface area (Å²) in [5.41, 5.74) is 6.13. The lowest BCUT2D eigenvalue weighted by atomic mass is 9.93. The maximum atomic E-state index is 5.35. The van der Waals surface area contributed by atoms with Crippen molar-refractivity contribution in [3.05, 3.63) is 128 Å². The molecule has 38 heavy (non-hydrogen) atoms. The minimum atomic E-state index is 0.912. The summed E-state index contributed by atoms with van der Waals surface area (Å²) >= 11 is 0. The summed E-state index contributed by atoms with van der Waals surface area (Å²) in [5.74, 6) is 0. The van der Waals surface area contributed by atoms with Crippen molar-refractivity contribution in [1.82, 2.24) is 15.0 Å². The second kappa shape index (κ2) is 8.19. The molecule has 8 aromatic rings. The third kappa shape index (κ3) is 3.12. The monoisotopic (exact) mass is 483 g/mol. The van der Waals surface area contributed by atoms with Crippen LogP contribution in [0.25, 0.3) is 76.5 Å². The van der Waals surface area contributed by atoms with Gasteiger partial charge in [-0.1, -0.05) is 84.9 Å². The molecule has 5 aromatic carbocycles. The van der Waals surface area contributed by atoms with Crippen LogP contribution < -0.4 is 0 Å². The smallest absolute Gasteiger partial charge is 0.0978 e. The van der Waals surface area contributed by atoms with Crippen LogP contribution in [0, 0.1) is 0 Å². The Labute approximate surface area is 219 Å². The van der Waals surface area contributed by atoms with Crippen LogP contribution in [0.5, 0.6) is 0 Å². The van der Waals surface area contributed by atoms with E-state index in [1.54, 1.807) is 0 Å². The number of fused-ring (bicyclic) bond motifs is 8. The van der Waals surface area contributed by atoms with Crippen molar-refractivity contribution < 1.29 is 0 Å². The first-order valence-corrected chi connectivity index (χ1v) is 12.8. The Bertz CT molecular complexity index is 2180. The lowest BCUT2D eigenvalue weighted by Gasteiger charge is -2.15. The largest absolute Gasteiger partial charge is 0.265 e. The number of hydrogen-bond donors (Lipinski definition) is 0. The van der Waals surface area contributed by atoms with Gasteiger partial charge in [0.05, 0.1) is 16.7 Å². The van der Waals surface area contributed by atoms with Crippen LogP contribution in [0.3, 0.4) is 0 Å². The number of pyridine rings is 3. The van der Waals surface area contributed by atoms with Crippen LogP contribution in [-0.4, -0.2) is 15.0 Å². The van der Waals surface area contributed by atoms with E-state index in [-0.39, 0.29) is 0 Å². The average molecular weight is 484 g/mol. The molecule has 0 fully saturated rings. The van der Waals surface area contributed by atoms with Crippen molar-refractivity contribution in [2.24, 2.45) is 0 Å². The SMILES string of the molecule is c1ccc2c(c1)cc(-c1cc(-c3ccncc3)c3ccc4c5ccccc5cnc4c3n1)c1ccccc12. The fourth-order valence-electron chi connectivity index (χ4n) is 5.79. The molecule has 0 saturated heterocycles. The van der Waals surface area contributed by atoms with Crippen LogP contribution in [0.1, 0.15) is 0 Å². The molecule has 0 saturated carbocycles. The molecule has 3 heterocycles. The molecular formula is C35H21N3. The molecule has 0 N–H and O–H groups in total. The lowest BCUT2D eigenvalue weighted by molar-refractivity contribution is 1.33. The van der Waals surface area contributed by atoms with Crippen LogP contribution in [0.15, 0.2) is 128 Å². The highest BCUT2D eigenvalue weighted by atomic mass is 14.8. The molecule has 0 aliphatic carbocycles. The molecule has 0 aliphatic heterocycles. The van der Waals surface area contributed by atoms with Crippen LogP contribution in [-0.2, 0) is 0 Å². The second-order valence-electron chi connectivity index (χ2n) is 9.69. The number of benzene rings is 5. The van der Waals surface area contributed by atoms with Gasteiger partial charge in [-0.3, -0.25) is 9.97 Å². The fourth-order valence-corrected chi connectivity index (χ4v) is 5.79. The van der Waals surface area contributed by atoms with E-state index in [2.05, 4.69) is 114 Å². The Morgan fingerprint density at radius 3 is 1.92 bits per heavy atom. The summed E-state index contributed by atoms with van der Waals surface area (Å²) in [4.78, 5) is 14.6. The predicted octanol–water partition coefficient (Wildman–Crippen LogP) is 8.97. The normalized spacial score (nSPS) is 11.7. The summed E-state index contributed by atoms with van der Waals surface area (Å²) in [6.07, 6.45) is 5.65. The Kier molecular flexibility index (Phi) is 4.52. The Balaban J connectivity index is 1.54. The van der Waals surface area contributed by atoms with Crippen molar-refractivity contribution in [2.75, 3.05) is 0 Å². The second-order valence-corrected chi connectivity index (χ2v) is 9.69. The molecule has 3 nitrogen and oxygen atoms in total. The van der Waals surface area contributed by atoms with Crippen molar-refractivity contribution in [1.29, 1.82) is 0 Å². The van der Waals surface area contributed by atoms with Gasteiger partial charge in [-0.15, -0.1) is 0 Å². The minimum Gasteiger partial charge on any atom is -0.265 e. The molecule has 0 bridgehead atoms. The topological polar surface area (TPSA) is 38.7 Å². The van der Waals surface area contributed by atoms with E-state index in [0.717, 1.165) is 49.6 Å². The van der Waals surface area contributed by atoms with Gasteiger partial charge in [0.2, 0.25) is 0 Å². The van der Waals surface area contributed by atoms with Gasteiger partial charge in [-0.25, -0.2) is 4.98 Å². The first-order valence-electron chi connectivity index (χ1n) is 12.8. The highest BCUT2D eigenvalue weighted by Gasteiger charge is 2.16. The number of nitrogens with zero attached hydrogens (tertiary/aromatic N) is 3. The first kappa shape index (κ1) is 21.0. The summed E-state index contributed by atoms with van der Waals surface area (Å²) in [5, 5.41) is 9.40. The summed E-state index contributed by atoms with van der Waals surface area (Å²) in [6.45, 7) is 0. The van der Waals surface area contributed by atoms with E-state index >= 15 is 0 Å². The van der Waals surface area contributed by atoms with Gasteiger partial charge in [0.25, 0.3) is 0 Å². The van der Waals surface area contributed by atoms with Gasteiger partial charge >= 0.3 is 0 Å². The quantitative estimate of drug-likeness (QED) is 0.230. The molecule has 0 radical (unpaired) electrons. The lowest BCUT2D eigenvalue weighted by Crippen LogP contribution is -1.94. The molecular weight excluding hydrogens is 462 g/mol. The number of hydrogen-bond acceptors (Lipinski definition) is 3. The standard InChI is InChI=1S/C35H21N3/c1-3-9-25-23(7-1)19-32(28-12-6-5-11-27(25)28)33-20-31(22-15-17-36-18-16-22)30-14-13-29-26-10-4-2-8-24(26)21-37-34(29)35(30)38-33/h1-21H. The van der Waals surface area contributed by atoms with Gasteiger partial charge in [-0.2, -0.15) is 0 Å². The molecule has 0 atom stereocenters. The van der Waals surface area contributed by atoms with Gasteiger partial charge in [0.1, 0.15) is 0 Å². The molecule has 3 aromatic heterocycles.